The van der Waals surface area contributed by atoms with Crippen LogP contribution in [-0.2, 0) is 0 Å². The number of fused-ring (bicyclic) bond motifs is 3. The normalized spacial score (nSPS) is 23.9. The van der Waals surface area contributed by atoms with E-state index < -0.39 is 0 Å². The Morgan fingerprint density at radius 2 is 1.71 bits per heavy atom. The van der Waals surface area contributed by atoms with E-state index in [-0.39, 0.29) is 5.82 Å². The Balaban J connectivity index is 1.85. The van der Waals surface area contributed by atoms with Crippen molar-refractivity contribution in [2.75, 3.05) is 18.4 Å². The standard InChI is InChI=1S/C18H19FN2/c19-15-6-2-1-4-12(15)13-5-3-7-17-18(13)14-8-10-20-11-9-16(14)21-17/h1-7,14,16,20-21H,8-11H2/t14-,16-/m0/s1. The van der Waals surface area contributed by atoms with Crippen molar-refractivity contribution in [3.63, 3.8) is 0 Å². The molecule has 0 unspecified atom stereocenters. The molecule has 1 saturated heterocycles. The Kier molecular flexibility index (Phi) is 3.15. The summed E-state index contributed by atoms with van der Waals surface area (Å²) < 4.78 is 14.2. The summed E-state index contributed by atoms with van der Waals surface area (Å²) in [6.45, 7) is 2.09. The van der Waals surface area contributed by atoms with E-state index in [2.05, 4.69) is 22.8 Å². The van der Waals surface area contributed by atoms with Gasteiger partial charge in [0.1, 0.15) is 5.82 Å². The monoisotopic (exact) mass is 282 g/mol. The zero-order chi connectivity index (χ0) is 14.2. The molecule has 2 N–H and O–H groups in total. The molecule has 2 atom stereocenters. The van der Waals surface area contributed by atoms with Crippen LogP contribution in [0.25, 0.3) is 11.1 Å². The second-order valence-corrected chi connectivity index (χ2v) is 5.93. The smallest absolute Gasteiger partial charge is 0.131 e. The maximum atomic E-state index is 14.2. The molecule has 2 aromatic carbocycles. The number of hydrogen-bond donors (Lipinski definition) is 2. The molecule has 0 aliphatic carbocycles. The quantitative estimate of drug-likeness (QED) is 0.832. The van der Waals surface area contributed by atoms with Crippen LogP contribution >= 0.6 is 0 Å². The van der Waals surface area contributed by atoms with Gasteiger partial charge in [-0.2, -0.15) is 0 Å². The molecule has 21 heavy (non-hydrogen) atoms. The highest BCUT2D eigenvalue weighted by atomic mass is 19.1. The van der Waals surface area contributed by atoms with Gasteiger partial charge in [-0.25, -0.2) is 4.39 Å². The lowest BCUT2D eigenvalue weighted by Gasteiger charge is -2.18. The highest BCUT2D eigenvalue weighted by Gasteiger charge is 2.34. The second-order valence-electron chi connectivity index (χ2n) is 5.93. The minimum absolute atomic E-state index is 0.138. The van der Waals surface area contributed by atoms with Crippen molar-refractivity contribution in [2.45, 2.75) is 24.8 Å². The topological polar surface area (TPSA) is 24.1 Å². The van der Waals surface area contributed by atoms with Gasteiger partial charge in [0.2, 0.25) is 0 Å². The molecule has 3 heteroatoms. The Morgan fingerprint density at radius 1 is 0.905 bits per heavy atom. The first-order valence-corrected chi connectivity index (χ1v) is 7.69. The van der Waals surface area contributed by atoms with Crippen molar-refractivity contribution in [3.8, 4) is 11.1 Å². The molecular formula is C18H19FN2. The van der Waals surface area contributed by atoms with Crippen molar-refractivity contribution >= 4 is 5.69 Å². The molecule has 108 valence electrons. The van der Waals surface area contributed by atoms with Gasteiger partial charge in [0.15, 0.2) is 0 Å². The molecular weight excluding hydrogens is 263 g/mol. The van der Waals surface area contributed by atoms with E-state index in [1.807, 2.05) is 18.2 Å². The molecule has 0 bridgehead atoms. The third kappa shape index (κ3) is 2.12. The lowest BCUT2D eigenvalue weighted by molar-refractivity contribution is 0.578. The number of halogens is 1. The van der Waals surface area contributed by atoms with Crippen molar-refractivity contribution in [3.05, 3.63) is 53.8 Å². The van der Waals surface area contributed by atoms with Crippen LogP contribution in [0.2, 0.25) is 0 Å². The van der Waals surface area contributed by atoms with Gasteiger partial charge in [-0.1, -0.05) is 30.3 Å². The molecule has 0 saturated carbocycles. The molecule has 0 amide bonds. The summed E-state index contributed by atoms with van der Waals surface area (Å²) >= 11 is 0. The Labute approximate surface area is 124 Å². The van der Waals surface area contributed by atoms with Crippen LogP contribution in [0.15, 0.2) is 42.5 Å². The van der Waals surface area contributed by atoms with Crippen molar-refractivity contribution in [1.82, 2.24) is 5.32 Å². The average Bonchev–Trinajstić information content (AvgIpc) is 2.70. The molecule has 2 aliphatic heterocycles. The van der Waals surface area contributed by atoms with Gasteiger partial charge < -0.3 is 10.6 Å². The zero-order valence-corrected chi connectivity index (χ0v) is 11.9. The molecule has 2 aromatic rings. The first kappa shape index (κ1) is 12.8. The summed E-state index contributed by atoms with van der Waals surface area (Å²) in [7, 11) is 0. The third-order valence-corrected chi connectivity index (χ3v) is 4.73. The highest BCUT2D eigenvalue weighted by Crippen LogP contribution is 2.45. The SMILES string of the molecule is Fc1ccccc1-c1cccc2c1[C@H]1CCNCC[C@@H]1N2. The minimum Gasteiger partial charge on any atom is -0.381 e. The van der Waals surface area contributed by atoms with Crippen LogP contribution in [0.5, 0.6) is 0 Å². The van der Waals surface area contributed by atoms with Crippen molar-refractivity contribution in [1.29, 1.82) is 0 Å². The summed E-state index contributed by atoms with van der Waals surface area (Å²) in [4.78, 5) is 0. The number of anilines is 1. The van der Waals surface area contributed by atoms with Gasteiger partial charge >= 0.3 is 0 Å². The summed E-state index contributed by atoms with van der Waals surface area (Å²) in [5, 5.41) is 7.11. The van der Waals surface area contributed by atoms with Crippen molar-refractivity contribution < 1.29 is 4.39 Å². The lowest BCUT2D eigenvalue weighted by atomic mass is 9.86. The van der Waals surface area contributed by atoms with Crippen LogP contribution < -0.4 is 10.6 Å². The van der Waals surface area contributed by atoms with Gasteiger partial charge in [0.25, 0.3) is 0 Å². The summed E-state index contributed by atoms with van der Waals surface area (Å²) in [5.41, 5.74) is 4.26. The van der Waals surface area contributed by atoms with E-state index in [0.29, 0.717) is 17.5 Å². The van der Waals surface area contributed by atoms with E-state index in [1.54, 1.807) is 12.1 Å². The number of rotatable bonds is 1. The predicted octanol–water partition coefficient (Wildman–Crippen LogP) is 3.75. The van der Waals surface area contributed by atoms with Gasteiger partial charge in [-0.05, 0) is 49.2 Å². The number of benzene rings is 2. The summed E-state index contributed by atoms with van der Waals surface area (Å²) in [5.74, 6) is 0.340. The number of nitrogens with one attached hydrogen (secondary N) is 2. The molecule has 0 spiro atoms. The van der Waals surface area contributed by atoms with Gasteiger partial charge in [-0.15, -0.1) is 0 Å². The first-order valence-electron chi connectivity index (χ1n) is 7.69. The molecule has 1 fully saturated rings. The van der Waals surface area contributed by atoms with Crippen LogP contribution in [0.3, 0.4) is 0 Å². The molecule has 2 nitrogen and oxygen atoms in total. The maximum Gasteiger partial charge on any atom is 0.131 e. The molecule has 2 heterocycles. The second kappa shape index (κ2) is 5.15. The molecule has 4 rings (SSSR count). The fraction of sp³-hybridized carbons (Fsp3) is 0.333. The van der Waals surface area contributed by atoms with Crippen LogP contribution in [0, 0.1) is 5.82 Å². The molecule has 0 aromatic heterocycles. The van der Waals surface area contributed by atoms with Crippen LogP contribution in [0.1, 0.15) is 24.3 Å². The minimum atomic E-state index is -0.138. The van der Waals surface area contributed by atoms with E-state index in [4.69, 9.17) is 0 Å². The fourth-order valence-electron chi connectivity index (χ4n) is 3.77. The van der Waals surface area contributed by atoms with E-state index in [0.717, 1.165) is 31.5 Å². The average molecular weight is 282 g/mol. The van der Waals surface area contributed by atoms with Crippen LogP contribution in [0.4, 0.5) is 10.1 Å². The van der Waals surface area contributed by atoms with Crippen molar-refractivity contribution in [2.24, 2.45) is 0 Å². The highest BCUT2D eigenvalue weighted by molar-refractivity contribution is 5.78. The van der Waals surface area contributed by atoms with Gasteiger partial charge in [0.05, 0.1) is 0 Å². The lowest BCUT2D eigenvalue weighted by Crippen LogP contribution is -2.21. The zero-order valence-electron chi connectivity index (χ0n) is 11.9. The van der Waals surface area contributed by atoms with E-state index >= 15 is 0 Å². The molecule has 2 aliphatic rings. The van der Waals surface area contributed by atoms with E-state index in [9.17, 15) is 4.39 Å². The van der Waals surface area contributed by atoms with Crippen LogP contribution in [-0.4, -0.2) is 19.1 Å². The largest absolute Gasteiger partial charge is 0.381 e. The number of hydrogen-bond acceptors (Lipinski definition) is 2. The third-order valence-electron chi connectivity index (χ3n) is 4.73. The van der Waals surface area contributed by atoms with E-state index in [1.165, 1.54) is 11.3 Å². The fourth-order valence-corrected chi connectivity index (χ4v) is 3.77. The Morgan fingerprint density at radius 3 is 2.62 bits per heavy atom. The Bertz CT molecular complexity index is 668. The Hall–Kier alpha value is -1.87. The summed E-state index contributed by atoms with van der Waals surface area (Å²) in [6.07, 6.45) is 2.23. The predicted molar refractivity (Wildman–Crippen MR) is 84.1 cm³/mol. The van der Waals surface area contributed by atoms with Gasteiger partial charge in [-0.3, -0.25) is 0 Å². The summed E-state index contributed by atoms with van der Waals surface area (Å²) in [6, 6.07) is 13.8. The maximum absolute atomic E-state index is 14.2. The molecule has 0 radical (unpaired) electrons. The first-order chi connectivity index (χ1) is 10.3. The van der Waals surface area contributed by atoms with Gasteiger partial charge in [0, 0.05) is 23.2 Å².